The number of hydrogen-bond donors (Lipinski definition) is 2. The number of ether oxygens (including phenoxy) is 1. The molecule has 2 aromatic carbocycles. The lowest BCUT2D eigenvalue weighted by Gasteiger charge is -2.18. The zero-order valence-corrected chi connectivity index (χ0v) is 13.9. The molecule has 0 aliphatic carbocycles. The van der Waals surface area contributed by atoms with Crippen molar-refractivity contribution in [3.63, 3.8) is 0 Å². The lowest BCUT2D eigenvalue weighted by Crippen LogP contribution is -2.33. The van der Waals surface area contributed by atoms with Crippen LogP contribution in [0.1, 0.15) is 18.5 Å². The Morgan fingerprint density at radius 3 is 2.62 bits per heavy atom. The molecule has 24 heavy (non-hydrogen) atoms. The number of aliphatic hydroxyl groups is 1. The highest BCUT2D eigenvalue weighted by atomic mass is 35.5. The summed E-state index contributed by atoms with van der Waals surface area (Å²) in [6, 6.07) is 13.3. The van der Waals surface area contributed by atoms with E-state index in [9.17, 15) is 15.2 Å². The number of benzene rings is 2. The molecule has 0 aromatic heterocycles. The van der Waals surface area contributed by atoms with Gasteiger partial charge < -0.3 is 15.2 Å². The van der Waals surface area contributed by atoms with Crippen LogP contribution in [-0.2, 0) is 0 Å². The molecule has 2 aromatic rings. The quantitative estimate of drug-likeness (QED) is 0.563. The van der Waals surface area contributed by atoms with Crippen LogP contribution in [0.2, 0.25) is 5.02 Å². The first-order valence-electron chi connectivity index (χ1n) is 7.50. The van der Waals surface area contributed by atoms with Gasteiger partial charge in [0.2, 0.25) is 0 Å². The number of aliphatic hydroxyl groups excluding tert-OH is 1. The first-order chi connectivity index (χ1) is 11.5. The maximum atomic E-state index is 10.6. The smallest absolute Gasteiger partial charge is 0.269 e. The van der Waals surface area contributed by atoms with Crippen LogP contribution in [0, 0.1) is 10.1 Å². The molecule has 0 saturated heterocycles. The van der Waals surface area contributed by atoms with E-state index in [1.54, 1.807) is 0 Å². The van der Waals surface area contributed by atoms with E-state index < -0.39 is 11.0 Å². The van der Waals surface area contributed by atoms with Crippen LogP contribution in [-0.4, -0.2) is 29.3 Å². The SMILES string of the molecule is CC(NCC(O)COc1ccc([N+](=O)[O-])cc1)c1cccc(Cl)c1. The van der Waals surface area contributed by atoms with E-state index in [1.807, 2.05) is 31.2 Å². The summed E-state index contributed by atoms with van der Waals surface area (Å²) in [7, 11) is 0. The van der Waals surface area contributed by atoms with E-state index in [-0.39, 0.29) is 18.3 Å². The molecule has 0 amide bonds. The van der Waals surface area contributed by atoms with Gasteiger partial charge in [-0.3, -0.25) is 10.1 Å². The van der Waals surface area contributed by atoms with Crippen molar-refractivity contribution in [3.05, 3.63) is 69.2 Å². The second kappa shape index (κ2) is 8.63. The third-order valence-corrected chi connectivity index (χ3v) is 3.73. The Balaban J connectivity index is 1.76. The molecule has 0 heterocycles. The fourth-order valence-electron chi connectivity index (χ4n) is 2.12. The predicted molar refractivity (Wildman–Crippen MR) is 92.5 cm³/mol. The van der Waals surface area contributed by atoms with Crippen LogP contribution in [0.25, 0.3) is 0 Å². The highest BCUT2D eigenvalue weighted by molar-refractivity contribution is 6.30. The number of rotatable bonds is 8. The molecule has 0 aliphatic rings. The minimum absolute atomic E-state index is 0.0000816. The second-order valence-electron chi connectivity index (χ2n) is 5.40. The molecule has 6 nitrogen and oxygen atoms in total. The summed E-state index contributed by atoms with van der Waals surface area (Å²) < 4.78 is 5.43. The average molecular weight is 351 g/mol. The van der Waals surface area contributed by atoms with Crippen LogP contribution in [0.4, 0.5) is 5.69 Å². The van der Waals surface area contributed by atoms with Gasteiger partial charge in [-0.15, -0.1) is 0 Å². The molecule has 0 bridgehead atoms. The van der Waals surface area contributed by atoms with Gasteiger partial charge in [0.1, 0.15) is 18.5 Å². The van der Waals surface area contributed by atoms with Gasteiger partial charge in [-0.2, -0.15) is 0 Å². The van der Waals surface area contributed by atoms with Crippen molar-refractivity contribution in [1.82, 2.24) is 5.32 Å². The van der Waals surface area contributed by atoms with Gasteiger partial charge in [-0.05, 0) is 36.8 Å². The number of nitro benzene ring substituents is 1. The van der Waals surface area contributed by atoms with Gasteiger partial charge in [0, 0.05) is 29.7 Å². The minimum Gasteiger partial charge on any atom is -0.491 e. The van der Waals surface area contributed by atoms with Crippen molar-refractivity contribution in [2.24, 2.45) is 0 Å². The van der Waals surface area contributed by atoms with Crippen LogP contribution >= 0.6 is 11.6 Å². The zero-order chi connectivity index (χ0) is 17.5. The molecule has 2 rings (SSSR count). The van der Waals surface area contributed by atoms with E-state index >= 15 is 0 Å². The van der Waals surface area contributed by atoms with Gasteiger partial charge in [0.25, 0.3) is 5.69 Å². The number of nitrogens with one attached hydrogen (secondary N) is 1. The molecular weight excluding hydrogens is 332 g/mol. The molecule has 128 valence electrons. The van der Waals surface area contributed by atoms with Crippen molar-refractivity contribution < 1.29 is 14.8 Å². The van der Waals surface area contributed by atoms with Crippen molar-refractivity contribution in [3.8, 4) is 5.75 Å². The Labute approximate surface area is 145 Å². The number of nitro groups is 1. The molecule has 2 N–H and O–H groups in total. The van der Waals surface area contributed by atoms with Crippen LogP contribution in [0.5, 0.6) is 5.75 Å². The summed E-state index contributed by atoms with van der Waals surface area (Å²) in [4.78, 5) is 10.1. The summed E-state index contributed by atoms with van der Waals surface area (Å²) >= 11 is 5.96. The zero-order valence-electron chi connectivity index (χ0n) is 13.2. The number of non-ortho nitro benzene ring substituents is 1. The first-order valence-corrected chi connectivity index (χ1v) is 7.87. The van der Waals surface area contributed by atoms with Crippen LogP contribution in [0.3, 0.4) is 0 Å². The first kappa shape index (κ1) is 18.2. The van der Waals surface area contributed by atoms with Gasteiger partial charge in [0.05, 0.1) is 4.92 Å². The Kier molecular flexibility index (Phi) is 6.54. The highest BCUT2D eigenvalue weighted by Crippen LogP contribution is 2.18. The lowest BCUT2D eigenvalue weighted by molar-refractivity contribution is -0.384. The summed E-state index contributed by atoms with van der Waals surface area (Å²) in [5, 5.41) is 24.4. The molecule has 0 saturated carbocycles. The van der Waals surface area contributed by atoms with E-state index in [4.69, 9.17) is 16.3 Å². The Bertz CT molecular complexity index is 679. The summed E-state index contributed by atoms with van der Waals surface area (Å²) in [6.45, 7) is 2.42. The maximum Gasteiger partial charge on any atom is 0.269 e. The minimum atomic E-state index is -0.707. The lowest BCUT2D eigenvalue weighted by atomic mass is 10.1. The van der Waals surface area contributed by atoms with Gasteiger partial charge in [0.15, 0.2) is 0 Å². The van der Waals surface area contributed by atoms with Crippen LogP contribution < -0.4 is 10.1 Å². The molecule has 0 fully saturated rings. The molecule has 0 aliphatic heterocycles. The summed E-state index contributed by atoms with van der Waals surface area (Å²) in [5.41, 5.74) is 1.03. The van der Waals surface area contributed by atoms with E-state index in [1.165, 1.54) is 24.3 Å². The molecule has 0 radical (unpaired) electrons. The van der Waals surface area contributed by atoms with Crippen molar-refractivity contribution in [2.75, 3.05) is 13.2 Å². The maximum absolute atomic E-state index is 10.6. The number of halogens is 1. The Morgan fingerprint density at radius 1 is 1.29 bits per heavy atom. The van der Waals surface area contributed by atoms with E-state index in [0.717, 1.165) is 5.56 Å². The van der Waals surface area contributed by atoms with Crippen molar-refractivity contribution >= 4 is 17.3 Å². The normalized spacial score (nSPS) is 13.3. The fraction of sp³-hybridized carbons (Fsp3) is 0.294. The monoisotopic (exact) mass is 350 g/mol. The third kappa shape index (κ3) is 5.49. The Morgan fingerprint density at radius 2 is 2.00 bits per heavy atom. The number of nitrogens with zero attached hydrogens (tertiary/aromatic N) is 1. The molecular formula is C17H19ClN2O4. The molecule has 0 spiro atoms. The molecule has 2 unspecified atom stereocenters. The largest absolute Gasteiger partial charge is 0.491 e. The van der Waals surface area contributed by atoms with Gasteiger partial charge >= 0.3 is 0 Å². The standard InChI is InChI=1S/C17H19ClN2O4/c1-12(13-3-2-4-14(18)9-13)19-10-16(21)11-24-17-7-5-15(6-8-17)20(22)23/h2-9,12,16,19,21H,10-11H2,1H3. The van der Waals surface area contributed by atoms with Crippen molar-refractivity contribution in [1.29, 1.82) is 0 Å². The summed E-state index contributed by atoms with van der Waals surface area (Å²) in [5.74, 6) is 0.475. The topological polar surface area (TPSA) is 84.6 Å². The second-order valence-corrected chi connectivity index (χ2v) is 5.84. The van der Waals surface area contributed by atoms with E-state index in [0.29, 0.717) is 17.3 Å². The highest BCUT2D eigenvalue weighted by Gasteiger charge is 2.11. The van der Waals surface area contributed by atoms with Gasteiger partial charge in [-0.25, -0.2) is 0 Å². The third-order valence-electron chi connectivity index (χ3n) is 3.50. The van der Waals surface area contributed by atoms with Gasteiger partial charge in [-0.1, -0.05) is 23.7 Å². The van der Waals surface area contributed by atoms with Crippen molar-refractivity contribution in [2.45, 2.75) is 19.1 Å². The molecule has 7 heteroatoms. The Hall–Kier alpha value is -2.15. The average Bonchev–Trinajstić information content (AvgIpc) is 2.58. The van der Waals surface area contributed by atoms with E-state index in [2.05, 4.69) is 5.32 Å². The fourth-order valence-corrected chi connectivity index (χ4v) is 2.32. The predicted octanol–water partition coefficient (Wildman–Crippen LogP) is 3.34. The summed E-state index contributed by atoms with van der Waals surface area (Å²) in [6.07, 6.45) is -0.707. The number of hydrogen-bond acceptors (Lipinski definition) is 5. The molecule has 2 atom stereocenters. The van der Waals surface area contributed by atoms with Crippen LogP contribution in [0.15, 0.2) is 48.5 Å².